The molecular weight excluding hydrogens is 436 g/mol. The molecule has 2 amide bonds. The minimum absolute atomic E-state index is 0.0608. The average molecular weight is 469 g/mol. The van der Waals surface area contributed by atoms with Crippen molar-refractivity contribution in [3.8, 4) is 0 Å². The molecule has 0 spiro atoms. The van der Waals surface area contributed by atoms with Crippen molar-refractivity contribution in [3.05, 3.63) is 107 Å². The van der Waals surface area contributed by atoms with Gasteiger partial charge in [0.25, 0.3) is 11.8 Å². The minimum Gasteiger partial charge on any atom is -0.378 e. The van der Waals surface area contributed by atoms with Crippen molar-refractivity contribution in [1.29, 1.82) is 0 Å². The number of nitrogens with one attached hydrogen (secondary N) is 2. The second kappa shape index (κ2) is 11.3. The molecule has 0 atom stereocenters. The van der Waals surface area contributed by atoms with Crippen molar-refractivity contribution in [3.63, 3.8) is 0 Å². The number of hydrogen-bond acceptors (Lipinski definition) is 4. The van der Waals surface area contributed by atoms with E-state index < -0.39 is 5.91 Å². The number of hydrogen-bond donors (Lipinski definition) is 2. The van der Waals surface area contributed by atoms with Crippen LogP contribution in [0.4, 0.5) is 5.69 Å². The number of anilines is 1. The van der Waals surface area contributed by atoms with Crippen LogP contribution in [0.3, 0.4) is 0 Å². The number of hydrazone groups is 1. The fourth-order valence-corrected chi connectivity index (χ4v) is 3.27. The fraction of sp³-hybridized carbons (Fsp3) is 0.207. The lowest BCUT2D eigenvalue weighted by Gasteiger charge is -2.18. The quantitative estimate of drug-likeness (QED) is 0.292. The van der Waals surface area contributed by atoms with E-state index in [0.29, 0.717) is 5.56 Å². The Morgan fingerprint density at radius 3 is 2.00 bits per heavy atom. The third-order valence-electron chi connectivity index (χ3n) is 5.41. The largest absolute Gasteiger partial charge is 0.378 e. The predicted octanol–water partition coefficient (Wildman–Crippen LogP) is 4.97. The molecule has 0 saturated carbocycles. The molecule has 0 aliphatic heterocycles. The highest BCUT2D eigenvalue weighted by molar-refractivity contribution is 6.05. The number of amides is 2. The summed E-state index contributed by atoms with van der Waals surface area (Å²) in [7, 11) is 3.91. The summed E-state index contributed by atoms with van der Waals surface area (Å²) in [5, 5.41) is 6.81. The maximum absolute atomic E-state index is 12.9. The Bertz CT molecular complexity index is 1200. The summed E-state index contributed by atoms with van der Waals surface area (Å²) < 4.78 is 0. The summed E-state index contributed by atoms with van der Waals surface area (Å²) in [5.41, 5.74) is 7.01. The number of nitrogens with zero attached hydrogens (tertiary/aromatic N) is 2. The van der Waals surface area contributed by atoms with Crippen molar-refractivity contribution < 1.29 is 9.59 Å². The van der Waals surface area contributed by atoms with E-state index in [1.165, 1.54) is 5.56 Å². The standard InChI is InChI=1S/C29H32N4O2/c1-29(2,3)24-15-11-22(12-16-24)20-30-32-28(35)26(31-27(34)23-9-7-6-8-10-23)19-21-13-17-25(18-14-21)33(4)5/h6-20H,1-5H3,(H,31,34)(H,32,35)/b26-19-,30-20+. The van der Waals surface area contributed by atoms with E-state index in [1.54, 1.807) is 36.6 Å². The normalized spacial score (nSPS) is 11.9. The highest BCUT2D eigenvalue weighted by Gasteiger charge is 2.15. The van der Waals surface area contributed by atoms with Gasteiger partial charge in [0.1, 0.15) is 5.70 Å². The molecule has 3 aromatic rings. The highest BCUT2D eigenvalue weighted by Crippen LogP contribution is 2.21. The molecule has 0 saturated heterocycles. The minimum atomic E-state index is -0.520. The lowest BCUT2D eigenvalue weighted by molar-refractivity contribution is -0.117. The number of benzene rings is 3. The first-order chi connectivity index (χ1) is 16.6. The molecule has 2 N–H and O–H groups in total. The Hall–Kier alpha value is -4.19. The van der Waals surface area contributed by atoms with Crippen molar-refractivity contribution in [2.75, 3.05) is 19.0 Å². The van der Waals surface area contributed by atoms with E-state index in [4.69, 9.17) is 0 Å². The summed E-state index contributed by atoms with van der Waals surface area (Å²) in [5.74, 6) is -0.896. The number of carbonyl (C=O) groups is 2. The van der Waals surface area contributed by atoms with Gasteiger partial charge in [0.05, 0.1) is 6.21 Å². The Labute approximate surface area is 207 Å². The van der Waals surface area contributed by atoms with Crippen molar-refractivity contribution in [2.45, 2.75) is 26.2 Å². The first-order valence-electron chi connectivity index (χ1n) is 11.4. The van der Waals surface area contributed by atoms with E-state index in [2.05, 4.69) is 36.6 Å². The molecule has 180 valence electrons. The smallest absolute Gasteiger partial charge is 0.287 e. The van der Waals surface area contributed by atoms with Gasteiger partial charge in [-0.05, 0) is 52.4 Å². The maximum Gasteiger partial charge on any atom is 0.287 e. The van der Waals surface area contributed by atoms with Crippen LogP contribution < -0.4 is 15.6 Å². The van der Waals surface area contributed by atoms with E-state index in [0.717, 1.165) is 16.8 Å². The van der Waals surface area contributed by atoms with Crippen molar-refractivity contribution >= 4 is 29.8 Å². The first-order valence-corrected chi connectivity index (χ1v) is 11.4. The summed E-state index contributed by atoms with van der Waals surface area (Å²) >= 11 is 0. The molecule has 3 aromatic carbocycles. The first kappa shape index (κ1) is 25.4. The summed E-state index contributed by atoms with van der Waals surface area (Å²) in [4.78, 5) is 27.7. The van der Waals surface area contributed by atoms with Gasteiger partial charge >= 0.3 is 0 Å². The van der Waals surface area contributed by atoms with Crippen LogP contribution in [-0.2, 0) is 10.2 Å². The molecule has 0 aromatic heterocycles. The number of rotatable bonds is 7. The fourth-order valence-electron chi connectivity index (χ4n) is 3.27. The topological polar surface area (TPSA) is 73.8 Å². The summed E-state index contributed by atoms with van der Waals surface area (Å²) in [6, 6.07) is 24.4. The van der Waals surface area contributed by atoms with Crippen LogP contribution in [-0.4, -0.2) is 32.1 Å². The lowest BCUT2D eigenvalue weighted by Crippen LogP contribution is -2.32. The molecule has 0 aliphatic carbocycles. The molecule has 35 heavy (non-hydrogen) atoms. The van der Waals surface area contributed by atoms with Gasteiger partial charge in [0.15, 0.2) is 0 Å². The molecule has 0 heterocycles. The van der Waals surface area contributed by atoms with Crippen molar-refractivity contribution in [1.82, 2.24) is 10.7 Å². The molecule has 0 fully saturated rings. The second-order valence-corrected chi connectivity index (χ2v) is 9.44. The van der Waals surface area contributed by atoms with Gasteiger partial charge in [-0.1, -0.05) is 75.4 Å². The average Bonchev–Trinajstić information content (AvgIpc) is 2.84. The van der Waals surface area contributed by atoms with Crippen LogP contribution in [0.1, 0.15) is 47.8 Å². The van der Waals surface area contributed by atoms with Gasteiger partial charge in [-0.25, -0.2) is 5.43 Å². The van der Waals surface area contributed by atoms with Gasteiger partial charge in [-0.3, -0.25) is 9.59 Å². The molecule has 0 aliphatic rings. The molecule has 6 heteroatoms. The van der Waals surface area contributed by atoms with Crippen molar-refractivity contribution in [2.24, 2.45) is 5.10 Å². The van der Waals surface area contributed by atoms with Gasteiger partial charge in [-0.15, -0.1) is 0 Å². The van der Waals surface area contributed by atoms with Crippen LogP contribution in [0.25, 0.3) is 6.08 Å². The van der Waals surface area contributed by atoms with Gasteiger partial charge < -0.3 is 10.2 Å². The SMILES string of the molecule is CN(C)c1ccc(/C=C(\NC(=O)c2ccccc2)C(=O)N/N=C/c2ccc(C(C)(C)C)cc2)cc1. The van der Waals surface area contributed by atoms with Gasteiger partial charge in [-0.2, -0.15) is 5.10 Å². The lowest BCUT2D eigenvalue weighted by atomic mass is 9.87. The summed E-state index contributed by atoms with van der Waals surface area (Å²) in [6.07, 6.45) is 3.20. The van der Waals surface area contributed by atoms with Gasteiger partial charge in [0.2, 0.25) is 0 Å². The van der Waals surface area contributed by atoms with Crippen LogP contribution >= 0.6 is 0 Å². The zero-order chi connectivity index (χ0) is 25.4. The summed E-state index contributed by atoms with van der Waals surface area (Å²) in [6.45, 7) is 6.46. The highest BCUT2D eigenvalue weighted by atomic mass is 16.2. The molecule has 0 radical (unpaired) electrons. The Kier molecular flexibility index (Phi) is 8.21. The zero-order valence-electron chi connectivity index (χ0n) is 20.9. The predicted molar refractivity (Wildman–Crippen MR) is 144 cm³/mol. The molecule has 0 bridgehead atoms. The third kappa shape index (κ3) is 7.40. The van der Waals surface area contributed by atoms with Crippen LogP contribution in [0, 0.1) is 0 Å². The molecule has 3 rings (SSSR count). The van der Waals surface area contributed by atoms with Crippen LogP contribution in [0.15, 0.2) is 89.7 Å². The number of carbonyl (C=O) groups excluding carboxylic acids is 2. The Balaban J connectivity index is 1.78. The van der Waals surface area contributed by atoms with E-state index in [9.17, 15) is 9.59 Å². The monoisotopic (exact) mass is 468 g/mol. The molecule has 0 unspecified atom stereocenters. The van der Waals surface area contributed by atoms with Crippen LogP contribution in [0.2, 0.25) is 0 Å². The Morgan fingerprint density at radius 2 is 1.43 bits per heavy atom. The third-order valence-corrected chi connectivity index (χ3v) is 5.41. The molecule has 6 nitrogen and oxygen atoms in total. The molecular formula is C29H32N4O2. The maximum atomic E-state index is 12.9. The van der Waals surface area contributed by atoms with Gasteiger partial charge in [0, 0.05) is 25.3 Å². The Morgan fingerprint density at radius 1 is 0.829 bits per heavy atom. The second-order valence-electron chi connectivity index (χ2n) is 9.44. The van der Waals surface area contributed by atoms with E-state index in [-0.39, 0.29) is 17.0 Å². The van der Waals surface area contributed by atoms with E-state index in [1.807, 2.05) is 73.6 Å². The van der Waals surface area contributed by atoms with E-state index >= 15 is 0 Å². The van der Waals surface area contributed by atoms with Crippen LogP contribution in [0.5, 0.6) is 0 Å². The zero-order valence-corrected chi connectivity index (χ0v) is 20.9.